The van der Waals surface area contributed by atoms with Gasteiger partial charge in [0.1, 0.15) is 10.6 Å². The van der Waals surface area contributed by atoms with E-state index < -0.39 is 9.84 Å². The van der Waals surface area contributed by atoms with E-state index in [1.54, 1.807) is 12.3 Å². The zero-order chi connectivity index (χ0) is 17.2. The van der Waals surface area contributed by atoms with Gasteiger partial charge in [-0.2, -0.15) is 5.10 Å². The van der Waals surface area contributed by atoms with Gasteiger partial charge in [-0.15, -0.1) is 0 Å². The Labute approximate surface area is 142 Å². The summed E-state index contributed by atoms with van der Waals surface area (Å²) < 4.78 is 28.8. The molecule has 0 unspecified atom stereocenters. The number of benzene rings is 1. The fourth-order valence-corrected chi connectivity index (χ4v) is 4.14. The van der Waals surface area contributed by atoms with Crippen LogP contribution < -0.4 is 4.74 Å². The highest BCUT2D eigenvalue weighted by molar-refractivity contribution is 7.90. The number of methoxy groups -OCH3 is 1. The first-order chi connectivity index (χ1) is 11.5. The fourth-order valence-electron chi connectivity index (χ4n) is 3.32. The Bertz CT molecular complexity index is 787. The number of aromatic nitrogens is 2. The number of nitrogens with zero attached hydrogens (tertiary/aromatic N) is 2. The summed E-state index contributed by atoms with van der Waals surface area (Å²) in [6, 6.07) is 7.38. The van der Waals surface area contributed by atoms with Crippen molar-refractivity contribution in [2.45, 2.75) is 30.2 Å². The second-order valence-electron chi connectivity index (χ2n) is 6.34. The normalized spacial score (nSPS) is 19.3. The first-order valence-electron chi connectivity index (χ1n) is 8.06. The van der Waals surface area contributed by atoms with Crippen molar-refractivity contribution in [3.63, 3.8) is 0 Å². The van der Waals surface area contributed by atoms with E-state index in [1.807, 2.05) is 18.2 Å². The lowest BCUT2D eigenvalue weighted by atomic mass is 9.94. The first-order valence-corrected chi connectivity index (χ1v) is 9.95. The van der Waals surface area contributed by atoms with E-state index in [0.29, 0.717) is 11.7 Å². The van der Waals surface area contributed by atoms with Crippen LogP contribution in [0.25, 0.3) is 0 Å². The van der Waals surface area contributed by atoms with Crippen molar-refractivity contribution in [2.24, 2.45) is 0 Å². The average Bonchev–Trinajstić information content (AvgIpc) is 3.08. The molecule has 24 heavy (non-hydrogen) atoms. The Morgan fingerprint density at radius 2 is 2.21 bits per heavy atom. The highest BCUT2D eigenvalue weighted by Crippen LogP contribution is 2.28. The molecule has 0 spiro atoms. The van der Waals surface area contributed by atoms with Gasteiger partial charge < -0.3 is 4.74 Å². The van der Waals surface area contributed by atoms with Crippen LogP contribution in [0, 0.1) is 0 Å². The summed E-state index contributed by atoms with van der Waals surface area (Å²) in [6.07, 6.45) is 5.30. The molecular formula is C17H23N3O3S. The monoisotopic (exact) mass is 349 g/mol. The third-order valence-electron chi connectivity index (χ3n) is 4.50. The van der Waals surface area contributed by atoms with E-state index >= 15 is 0 Å². The molecule has 130 valence electrons. The summed E-state index contributed by atoms with van der Waals surface area (Å²) in [7, 11) is -1.78. The predicted molar refractivity (Wildman–Crippen MR) is 91.9 cm³/mol. The van der Waals surface area contributed by atoms with Gasteiger partial charge in [-0.25, -0.2) is 8.42 Å². The van der Waals surface area contributed by atoms with Crippen LogP contribution in [0.5, 0.6) is 5.75 Å². The van der Waals surface area contributed by atoms with Gasteiger partial charge in [0, 0.05) is 37.2 Å². The largest absolute Gasteiger partial charge is 0.495 e. The molecule has 0 aliphatic carbocycles. The molecule has 1 saturated heterocycles. The number of hydrogen-bond acceptors (Lipinski definition) is 5. The standard InChI is InChI=1S/C17H23N3O3S/c1-23-16-10-13(5-6-17(16)24(2,21)22)11-20-9-3-4-14(12-20)15-7-8-18-19-15/h5-8,10,14H,3-4,9,11-12H2,1-2H3,(H,18,19)/t14-/m1/s1. The molecule has 1 fully saturated rings. The molecule has 0 radical (unpaired) electrons. The maximum absolute atomic E-state index is 11.8. The highest BCUT2D eigenvalue weighted by atomic mass is 32.2. The van der Waals surface area contributed by atoms with Crippen molar-refractivity contribution in [1.29, 1.82) is 0 Å². The summed E-state index contributed by atoms with van der Waals surface area (Å²) in [5, 5.41) is 7.12. The number of ether oxygens (including phenoxy) is 1. The molecule has 1 aromatic carbocycles. The minimum absolute atomic E-state index is 0.239. The molecule has 7 heteroatoms. The first kappa shape index (κ1) is 17.0. The zero-order valence-corrected chi connectivity index (χ0v) is 14.8. The fraction of sp³-hybridized carbons (Fsp3) is 0.471. The number of sulfone groups is 1. The number of H-pyrrole nitrogens is 1. The Morgan fingerprint density at radius 3 is 2.88 bits per heavy atom. The van der Waals surface area contributed by atoms with Gasteiger partial charge in [-0.3, -0.25) is 10.00 Å². The summed E-state index contributed by atoms with van der Waals surface area (Å²) in [4.78, 5) is 2.63. The van der Waals surface area contributed by atoms with E-state index in [4.69, 9.17) is 4.74 Å². The SMILES string of the molecule is COc1cc(CN2CCC[C@@H](c3ccn[nH]3)C2)ccc1S(C)(=O)=O. The quantitative estimate of drug-likeness (QED) is 0.896. The van der Waals surface area contributed by atoms with Crippen molar-refractivity contribution in [2.75, 3.05) is 26.5 Å². The lowest BCUT2D eigenvalue weighted by molar-refractivity contribution is 0.198. The summed E-state index contributed by atoms with van der Waals surface area (Å²) in [5.41, 5.74) is 2.24. The Hall–Kier alpha value is -1.86. The number of likely N-dealkylation sites (tertiary alicyclic amines) is 1. The van der Waals surface area contributed by atoms with Crippen LogP contribution in [0.1, 0.15) is 30.0 Å². The molecule has 2 heterocycles. The zero-order valence-electron chi connectivity index (χ0n) is 14.0. The topological polar surface area (TPSA) is 75.3 Å². The smallest absolute Gasteiger partial charge is 0.179 e. The van der Waals surface area contributed by atoms with Crippen LogP contribution >= 0.6 is 0 Å². The van der Waals surface area contributed by atoms with Crippen molar-refractivity contribution >= 4 is 9.84 Å². The van der Waals surface area contributed by atoms with Crippen molar-refractivity contribution in [3.8, 4) is 5.75 Å². The molecule has 2 aromatic rings. The lowest BCUT2D eigenvalue weighted by Crippen LogP contribution is -2.34. The van der Waals surface area contributed by atoms with Crippen LogP contribution in [0.2, 0.25) is 0 Å². The van der Waals surface area contributed by atoms with Gasteiger partial charge in [0.2, 0.25) is 0 Å². The second-order valence-corrected chi connectivity index (χ2v) is 8.33. The number of piperidine rings is 1. The van der Waals surface area contributed by atoms with E-state index in [0.717, 1.165) is 38.0 Å². The molecule has 1 aromatic heterocycles. The second kappa shape index (κ2) is 6.94. The van der Waals surface area contributed by atoms with Crippen molar-refractivity contribution < 1.29 is 13.2 Å². The molecule has 3 rings (SSSR count). The van der Waals surface area contributed by atoms with Crippen LogP contribution in [0.15, 0.2) is 35.4 Å². The summed E-state index contributed by atoms with van der Waals surface area (Å²) in [5.74, 6) is 0.885. The minimum atomic E-state index is -3.28. The summed E-state index contributed by atoms with van der Waals surface area (Å²) in [6.45, 7) is 2.80. The molecule has 1 atom stereocenters. The maximum Gasteiger partial charge on any atom is 0.179 e. The lowest BCUT2D eigenvalue weighted by Gasteiger charge is -2.32. The van der Waals surface area contributed by atoms with Gasteiger partial charge in [0.25, 0.3) is 0 Å². The van der Waals surface area contributed by atoms with E-state index in [2.05, 4.69) is 15.1 Å². The van der Waals surface area contributed by atoms with Crippen molar-refractivity contribution in [1.82, 2.24) is 15.1 Å². The van der Waals surface area contributed by atoms with Gasteiger partial charge in [-0.05, 0) is 43.1 Å². The molecule has 0 amide bonds. The van der Waals surface area contributed by atoms with Crippen LogP contribution in [0.4, 0.5) is 0 Å². The highest BCUT2D eigenvalue weighted by Gasteiger charge is 2.23. The number of aromatic amines is 1. The molecule has 0 saturated carbocycles. The third kappa shape index (κ3) is 3.79. The van der Waals surface area contributed by atoms with E-state index in [1.165, 1.54) is 19.1 Å². The van der Waals surface area contributed by atoms with Gasteiger partial charge in [-0.1, -0.05) is 6.07 Å². The molecule has 0 bridgehead atoms. The van der Waals surface area contributed by atoms with Crippen LogP contribution in [0.3, 0.4) is 0 Å². The van der Waals surface area contributed by atoms with Crippen LogP contribution in [-0.2, 0) is 16.4 Å². The third-order valence-corrected chi connectivity index (χ3v) is 5.64. The average molecular weight is 349 g/mol. The van der Waals surface area contributed by atoms with Crippen LogP contribution in [-0.4, -0.2) is 50.0 Å². The van der Waals surface area contributed by atoms with E-state index in [-0.39, 0.29) is 4.90 Å². The molecule has 1 aliphatic heterocycles. The number of nitrogens with one attached hydrogen (secondary N) is 1. The molecular weight excluding hydrogens is 326 g/mol. The van der Waals surface area contributed by atoms with Gasteiger partial charge in [0.05, 0.1) is 7.11 Å². The Kier molecular flexibility index (Phi) is 4.91. The molecule has 6 nitrogen and oxygen atoms in total. The molecule has 1 aliphatic rings. The number of rotatable bonds is 5. The van der Waals surface area contributed by atoms with Crippen molar-refractivity contribution in [3.05, 3.63) is 41.7 Å². The Balaban J connectivity index is 1.74. The molecule has 1 N–H and O–H groups in total. The van der Waals surface area contributed by atoms with Gasteiger partial charge >= 0.3 is 0 Å². The minimum Gasteiger partial charge on any atom is -0.495 e. The summed E-state index contributed by atoms with van der Waals surface area (Å²) >= 11 is 0. The Morgan fingerprint density at radius 1 is 1.38 bits per heavy atom. The number of hydrogen-bond donors (Lipinski definition) is 1. The maximum atomic E-state index is 11.8. The van der Waals surface area contributed by atoms with E-state index in [9.17, 15) is 8.42 Å². The predicted octanol–water partition coefficient (Wildman–Crippen LogP) is 2.20. The van der Waals surface area contributed by atoms with Gasteiger partial charge in [0.15, 0.2) is 9.84 Å².